The topological polar surface area (TPSA) is 79.2 Å². The Hall–Kier alpha value is -0.970. The standard InChI is InChI=1S/C7H12ClN2O3/c8-5-13-7(12)10-4-2-1-3-6(9)11/h9H,1-5H2,(H,10,12). The molecule has 0 aliphatic heterocycles. The van der Waals surface area contributed by atoms with Crippen LogP contribution in [-0.4, -0.2) is 24.6 Å². The number of unbranched alkanes of at least 4 members (excludes halogenated alkanes) is 1. The molecule has 0 aliphatic rings. The maximum atomic E-state index is 10.6. The van der Waals surface area contributed by atoms with Crippen molar-refractivity contribution in [1.82, 2.24) is 11.1 Å². The van der Waals surface area contributed by atoms with E-state index in [4.69, 9.17) is 17.3 Å². The summed E-state index contributed by atoms with van der Waals surface area (Å²) in [5.41, 5.74) is 6.60. The van der Waals surface area contributed by atoms with E-state index in [9.17, 15) is 9.59 Å². The molecule has 6 heteroatoms. The first-order valence-electron chi connectivity index (χ1n) is 3.88. The van der Waals surface area contributed by atoms with Crippen LogP contribution in [0.1, 0.15) is 19.3 Å². The van der Waals surface area contributed by atoms with E-state index in [1.54, 1.807) is 0 Å². The zero-order valence-electron chi connectivity index (χ0n) is 7.14. The molecule has 1 radical (unpaired) electrons. The molecule has 0 rings (SSSR count). The summed E-state index contributed by atoms with van der Waals surface area (Å²) in [6, 6.07) is -0.170. The lowest BCUT2D eigenvalue weighted by atomic mass is 10.2. The van der Waals surface area contributed by atoms with Gasteiger partial charge in [0.15, 0.2) is 6.07 Å². The van der Waals surface area contributed by atoms with Gasteiger partial charge in [-0.15, -0.1) is 0 Å². The zero-order chi connectivity index (χ0) is 10.1. The number of hydrogen-bond acceptors (Lipinski definition) is 3. The summed E-state index contributed by atoms with van der Waals surface area (Å²) in [7, 11) is 0. The predicted octanol–water partition coefficient (Wildman–Crippen LogP) is 0.889. The van der Waals surface area contributed by atoms with Gasteiger partial charge in [-0.3, -0.25) is 10.5 Å². The number of alkyl carbamates (subject to hydrolysis) is 1. The Morgan fingerprint density at radius 2 is 2.08 bits per heavy atom. The Morgan fingerprint density at radius 1 is 1.38 bits per heavy atom. The first kappa shape index (κ1) is 12.0. The van der Waals surface area contributed by atoms with Crippen molar-refractivity contribution in [2.24, 2.45) is 0 Å². The molecule has 2 N–H and O–H groups in total. The summed E-state index contributed by atoms with van der Waals surface area (Å²) in [5, 5.41) is 2.44. The van der Waals surface area contributed by atoms with Crippen LogP contribution in [0.5, 0.6) is 0 Å². The fraction of sp³-hybridized carbons (Fsp3) is 0.714. The highest BCUT2D eigenvalue weighted by atomic mass is 35.5. The molecule has 0 aromatic heterocycles. The lowest BCUT2D eigenvalue weighted by molar-refractivity contribution is -0.118. The Labute approximate surface area is 81.6 Å². The molecule has 2 amide bonds. The van der Waals surface area contributed by atoms with Gasteiger partial charge in [-0.05, 0) is 12.8 Å². The third-order valence-corrected chi connectivity index (χ3v) is 1.39. The molecule has 0 atom stereocenters. The van der Waals surface area contributed by atoms with Crippen LogP contribution in [0, 0.1) is 0 Å². The van der Waals surface area contributed by atoms with Gasteiger partial charge in [0.25, 0.3) is 0 Å². The molecule has 0 saturated carbocycles. The number of rotatable bonds is 6. The van der Waals surface area contributed by atoms with E-state index in [2.05, 4.69) is 10.1 Å². The van der Waals surface area contributed by atoms with E-state index in [-0.39, 0.29) is 12.5 Å². The largest absolute Gasteiger partial charge is 0.433 e. The smallest absolute Gasteiger partial charge is 0.408 e. The monoisotopic (exact) mass is 207 g/mol. The van der Waals surface area contributed by atoms with Crippen LogP contribution in [0.2, 0.25) is 0 Å². The molecule has 75 valence electrons. The fourth-order valence-electron chi connectivity index (χ4n) is 0.702. The molecule has 0 aliphatic carbocycles. The molecule has 0 unspecified atom stereocenters. The molecule has 5 nitrogen and oxygen atoms in total. The van der Waals surface area contributed by atoms with Crippen LogP contribution in [0.15, 0.2) is 0 Å². The highest BCUT2D eigenvalue weighted by molar-refractivity contribution is 6.17. The number of nitrogens with one attached hydrogen (secondary N) is 2. The fourth-order valence-corrected chi connectivity index (χ4v) is 0.801. The van der Waals surface area contributed by atoms with Crippen LogP contribution < -0.4 is 11.1 Å². The van der Waals surface area contributed by atoms with Crippen LogP contribution >= 0.6 is 11.6 Å². The molecule has 0 spiro atoms. The number of carbonyl (C=O) groups is 2. The highest BCUT2D eigenvalue weighted by Gasteiger charge is 1.99. The number of carbonyl (C=O) groups excluding carboxylic acids is 2. The van der Waals surface area contributed by atoms with Gasteiger partial charge in [0.2, 0.25) is 5.91 Å². The van der Waals surface area contributed by atoms with Crippen molar-refractivity contribution in [3.63, 3.8) is 0 Å². The van der Waals surface area contributed by atoms with Gasteiger partial charge in [0.1, 0.15) is 0 Å². The molecule has 0 aromatic rings. The number of ether oxygens (including phenoxy) is 1. The van der Waals surface area contributed by atoms with E-state index in [0.717, 1.165) is 0 Å². The quantitative estimate of drug-likeness (QED) is 0.519. The second-order valence-electron chi connectivity index (χ2n) is 2.35. The number of hydrogen-bond donors (Lipinski definition) is 1. The molecule has 0 bridgehead atoms. The lowest BCUT2D eigenvalue weighted by Gasteiger charge is -2.02. The van der Waals surface area contributed by atoms with Crippen molar-refractivity contribution in [3.8, 4) is 0 Å². The molecule has 0 heterocycles. The van der Waals surface area contributed by atoms with E-state index < -0.39 is 12.0 Å². The summed E-state index contributed by atoms with van der Waals surface area (Å²) in [4.78, 5) is 20.8. The average molecular weight is 208 g/mol. The van der Waals surface area contributed by atoms with Gasteiger partial charge in [-0.2, -0.15) is 0 Å². The minimum absolute atomic E-state index is 0.170. The van der Waals surface area contributed by atoms with Gasteiger partial charge >= 0.3 is 6.09 Å². The predicted molar refractivity (Wildman–Crippen MR) is 47.2 cm³/mol. The van der Waals surface area contributed by atoms with Crippen LogP contribution in [-0.2, 0) is 9.53 Å². The Morgan fingerprint density at radius 3 is 2.62 bits per heavy atom. The minimum Gasteiger partial charge on any atom is -0.433 e. The third-order valence-electron chi connectivity index (χ3n) is 1.29. The number of amides is 2. The first-order chi connectivity index (χ1) is 6.16. The second kappa shape index (κ2) is 7.67. The van der Waals surface area contributed by atoms with E-state index in [0.29, 0.717) is 19.4 Å². The first-order valence-corrected chi connectivity index (χ1v) is 4.41. The van der Waals surface area contributed by atoms with Crippen LogP contribution in [0.3, 0.4) is 0 Å². The zero-order valence-corrected chi connectivity index (χ0v) is 7.89. The molecular formula is C7H12ClN2O3. The third kappa shape index (κ3) is 8.94. The van der Waals surface area contributed by atoms with Gasteiger partial charge < -0.3 is 10.1 Å². The van der Waals surface area contributed by atoms with Crippen molar-refractivity contribution in [1.29, 1.82) is 0 Å². The summed E-state index contributed by atoms with van der Waals surface area (Å²) in [5.74, 6) is -0.580. The summed E-state index contributed by atoms with van der Waals surface area (Å²) >= 11 is 5.13. The van der Waals surface area contributed by atoms with Crippen LogP contribution in [0.4, 0.5) is 4.79 Å². The molecule has 0 saturated heterocycles. The Balaban J connectivity index is 3.16. The van der Waals surface area contributed by atoms with Crippen molar-refractivity contribution >= 4 is 23.6 Å². The summed E-state index contributed by atoms with van der Waals surface area (Å²) in [6.45, 7) is 0.434. The Kier molecular flexibility index (Phi) is 7.10. The van der Waals surface area contributed by atoms with Crippen molar-refractivity contribution in [3.05, 3.63) is 0 Å². The normalized spacial score (nSPS) is 9.31. The van der Waals surface area contributed by atoms with Gasteiger partial charge in [-0.25, -0.2) is 4.79 Å². The molecule has 13 heavy (non-hydrogen) atoms. The van der Waals surface area contributed by atoms with Gasteiger partial charge in [0.05, 0.1) is 0 Å². The summed E-state index contributed by atoms with van der Waals surface area (Å²) in [6.07, 6.45) is 0.921. The van der Waals surface area contributed by atoms with Crippen molar-refractivity contribution in [2.45, 2.75) is 19.3 Å². The second-order valence-corrected chi connectivity index (χ2v) is 2.57. The SMILES string of the molecule is [NH]C(=O)CCCCNC(=O)OCCl. The van der Waals surface area contributed by atoms with E-state index >= 15 is 0 Å². The molecule has 0 aromatic carbocycles. The number of alkyl halides is 1. The molecular weight excluding hydrogens is 196 g/mol. The van der Waals surface area contributed by atoms with Crippen LogP contribution in [0.25, 0.3) is 0 Å². The minimum atomic E-state index is -0.580. The Bertz CT molecular complexity index is 175. The van der Waals surface area contributed by atoms with Crippen molar-refractivity contribution in [2.75, 3.05) is 12.6 Å². The van der Waals surface area contributed by atoms with Gasteiger partial charge in [-0.1, -0.05) is 11.6 Å². The maximum Gasteiger partial charge on any atom is 0.408 e. The van der Waals surface area contributed by atoms with Crippen molar-refractivity contribution < 1.29 is 14.3 Å². The van der Waals surface area contributed by atoms with Gasteiger partial charge in [0, 0.05) is 13.0 Å². The van der Waals surface area contributed by atoms with E-state index in [1.165, 1.54) is 0 Å². The maximum absolute atomic E-state index is 10.6. The van der Waals surface area contributed by atoms with E-state index in [1.807, 2.05) is 0 Å². The number of halogens is 1. The highest BCUT2D eigenvalue weighted by Crippen LogP contribution is 1.93. The average Bonchev–Trinajstić information content (AvgIpc) is 2.03. The lowest BCUT2D eigenvalue weighted by Crippen LogP contribution is -2.24. The molecule has 0 fully saturated rings. The summed E-state index contributed by atoms with van der Waals surface area (Å²) < 4.78 is 4.38.